The molecule has 0 spiro atoms. The second-order valence-corrected chi connectivity index (χ2v) is 4.34. The zero-order chi connectivity index (χ0) is 14.4. The molecule has 0 saturated heterocycles. The van der Waals surface area contributed by atoms with E-state index in [1.54, 1.807) is 36.4 Å². The highest BCUT2D eigenvalue weighted by Crippen LogP contribution is 2.18. The van der Waals surface area contributed by atoms with Crippen molar-refractivity contribution in [2.45, 2.75) is 0 Å². The van der Waals surface area contributed by atoms with E-state index >= 15 is 0 Å². The molecule has 0 bridgehead atoms. The fourth-order valence-corrected chi connectivity index (χ4v) is 1.72. The van der Waals surface area contributed by atoms with E-state index in [1.807, 2.05) is 0 Å². The molecule has 0 aliphatic heterocycles. The Bertz CT molecular complexity index is 586. The fraction of sp³-hybridized carbons (Fsp3) is 0.143. The van der Waals surface area contributed by atoms with Crippen LogP contribution in [0.15, 0.2) is 48.5 Å². The van der Waals surface area contributed by atoms with E-state index in [4.69, 9.17) is 21.1 Å². The first-order chi connectivity index (χ1) is 9.65. The molecule has 0 aliphatic rings. The Kier molecular flexibility index (Phi) is 4.79. The Morgan fingerprint density at radius 1 is 1.00 bits per heavy atom. The number of ether oxygens (including phenoxy) is 2. The van der Waals surface area contributed by atoms with Crippen molar-refractivity contribution in [1.29, 1.82) is 0 Å². The summed E-state index contributed by atoms with van der Waals surface area (Å²) in [6, 6.07) is 13.0. The summed E-state index contributed by atoms with van der Waals surface area (Å²) in [7, 11) is 0. The van der Waals surface area contributed by atoms with Gasteiger partial charge in [-0.1, -0.05) is 17.7 Å². The molecule has 0 aliphatic carbocycles. The van der Waals surface area contributed by atoms with Gasteiger partial charge in [0.1, 0.15) is 24.7 Å². The van der Waals surface area contributed by atoms with E-state index in [0.717, 1.165) is 0 Å². The highest BCUT2D eigenvalue weighted by atomic mass is 35.5. The molecular weight excluding hydrogens is 282 g/mol. The number of non-ortho nitro benzene ring substituents is 1. The smallest absolute Gasteiger partial charge is 0.269 e. The molecule has 0 fully saturated rings. The van der Waals surface area contributed by atoms with Crippen LogP contribution in [0.3, 0.4) is 0 Å². The van der Waals surface area contributed by atoms with Gasteiger partial charge in [0.25, 0.3) is 5.69 Å². The molecule has 6 heteroatoms. The van der Waals surface area contributed by atoms with Crippen LogP contribution in [-0.4, -0.2) is 18.1 Å². The molecule has 0 radical (unpaired) electrons. The second kappa shape index (κ2) is 6.77. The molecule has 0 amide bonds. The fourth-order valence-electron chi connectivity index (χ4n) is 1.54. The van der Waals surface area contributed by atoms with Crippen molar-refractivity contribution in [2.24, 2.45) is 0 Å². The van der Waals surface area contributed by atoms with Crippen LogP contribution in [0.1, 0.15) is 0 Å². The third-order valence-electron chi connectivity index (χ3n) is 2.46. The number of benzene rings is 2. The van der Waals surface area contributed by atoms with E-state index in [2.05, 4.69) is 0 Å². The first-order valence-corrected chi connectivity index (χ1v) is 6.28. The topological polar surface area (TPSA) is 61.6 Å². The van der Waals surface area contributed by atoms with Gasteiger partial charge in [-0.25, -0.2) is 0 Å². The minimum Gasteiger partial charge on any atom is -0.490 e. The summed E-state index contributed by atoms with van der Waals surface area (Å²) in [4.78, 5) is 10.0. The van der Waals surface area contributed by atoms with Crippen molar-refractivity contribution in [3.05, 3.63) is 63.7 Å². The summed E-state index contributed by atoms with van der Waals surface area (Å²) >= 11 is 5.83. The zero-order valence-electron chi connectivity index (χ0n) is 10.5. The van der Waals surface area contributed by atoms with E-state index in [1.165, 1.54) is 12.1 Å². The summed E-state index contributed by atoms with van der Waals surface area (Å²) in [6.07, 6.45) is 0. The van der Waals surface area contributed by atoms with Gasteiger partial charge in [0.2, 0.25) is 0 Å². The molecular formula is C14H12ClNO4. The molecule has 0 heterocycles. The van der Waals surface area contributed by atoms with Crippen molar-refractivity contribution in [3.8, 4) is 11.5 Å². The van der Waals surface area contributed by atoms with Crippen LogP contribution >= 0.6 is 11.6 Å². The molecule has 2 rings (SSSR count). The van der Waals surface area contributed by atoms with Gasteiger partial charge in [0.05, 0.1) is 4.92 Å². The van der Waals surface area contributed by atoms with Crippen LogP contribution in [0.4, 0.5) is 5.69 Å². The maximum Gasteiger partial charge on any atom is 0.269 e. The maximum absolute atomic E-state index is 10.5. The summed E-state index contributed by atoms with van der Waals surface area (Å²) in [5.41, 5.74) is 0.0347. The van der Waals surface area contributed by atoms with Crippen molar-refractivity contribution in [2.75, 3.05) is 13.2 Å². The molecule has 2 aromatic carbocycles. The van der Waals surface area contributed by atoms with Crippen LogP contribution in [0.25, 0.3) is 0 Å². The second-order valence-electron chi connectivity index (χ2n) is 3.91. The van der Waals surface area contributed by atoms with Gasteiger partial charge < -0.3 is 9.47 Å². The SMILES string of the molecule is O=[N+]([O-])c1ccc(OCCOc2cccc(Cl)c2)cc1. The molecule has 20 heavy (non-hydrogen) atoms. The number of nitrogens with zero attached hydrogens (tertiary/aromatic N) is 1. The van der Waals surface area contributed by atoms with Crippen molar-refractivity contribution >= 4 is 17.3 Å². The predicted octanol–water partition coefficient (Wildman–Crippen LogP) is 3.71. The summed E-state index contributed by atoms with van der Waals surface area (Å²) in [6.45, 7) is 0.696. The van der Waals surface area contributed by atoms with Gasteiger partial charge in [-0.05, 0) is 30.3 Å². The third-order valence-corrected chi connectivity index (χ3v) is 2.70. The lowest BCUT2D eigenvalue weighted by Gasteiger charge is -2.08. The Morgan fingerprint density at radius 2 is 1.65 bits per heavy atom. The Hall–Kier alpha value is -2.27. The highest BCUT2D eigenvalue weighted by Gasteiger charge is 2.04. The average molecular weight is 294 g/mol. The molecule has 0 saturated carbocycles. The number of halogens is 1. The highest BCUT2D eigenvalue weighted by molar-refractivity contribution is 6.30. The molecule has 0 atom stereocenters. The number of nitro benzene ring substituents is 1. The third kappa shape index (κ3) is 4.13. The van der Waals surface area contributed by atoms with Gasteiger partial charge in [-0.3, -0.25) is 10.1 Å². The van der Waals surface area contributed by atoms with E-state index in [0.29, 0.717) is 29.7 Å². The number of hydrogen-bond acceptors (Lipinski definition) is 4. The van der Waals surface area contributed by atoms with Gasteiger partial charge in [-0.15, -0.1) is 0 Å². The van der Waals surface area contributed by atoms with Crippen molar-refractivity contribution in [1.82, 2.24) is 0 Å². The molecule has 0 aromatic heterocycles. The number of rotatable bonds is 6. The lowest BCUT2D eigenvalue weighted by atomic mass is 10.3. The van der Waals surface area contributed by atoms with E-state index in [9.17, 15) is 10.1 Å². The van der Waals surface area contributed by atoms with E-state index < -0.39 is 4.92 Å². The maximum atomic E-state index is 10.5. The first kappa shape index (κ1) is 14.1. The van der Waals surface area contributed by atoms with Crippen molar-refractivity contribution < 1.29 is 14.4 Å². The van der Waals surface area contributed by atoms with Crippen LogP contribution in [0.5, 0.6) is 11.5 Å². The Labute approximate surface area is 120 Å². The van der Waals surface area contributed by atoms with Gasteiger partial charge in [0.15, 0.2) is 0 Å². The standard InChI is InChI=1S/C14H12ClNO4/c15-11-2-1-3-14(10-11)20-9-8-19-13-6-4-12(5-7-13)16(17)18/h1-7,10H,8-9H2. The largest absolute Gasteiger partial charge is 0.490 e. The van der Waals surface area contributed by atoms with Crippen LogP contribution in [0, 0.1) is 10.1 Å². The minimum absolute atomic E-state index is 0.0347. The van der Waals surface area contributed by atoms with Crippen LogP contribution < -0.4 is 9.47 Å². The molecule has 5 nitrogen and oxygen atoms in total. The number of hydrogen-bond donors (Lipinski definition) is 0. The summed E-state index contributed by atoms with van der Waals surface area (Å²) in [5.74, 6) is 1.23. The quantitative estimate of drug-likeness (QED) is 0.463. The lowest BCUT2D eigenvalue weighted by Crippen LogP contribution is -2.08. The van der Waals surface area contributed by atoms with Gasteiger partial charge in [-0.2, -0.15) is 0 Å². The van der Waals surface area contributed by atoms with Gasteiger partial charge >= 0.3 is 0 Å². The monoisotopic (exact) mass is 293 g/mol. The Morgan fingerprint density at radius 3 is 2.25 bits per heavy atom. The first-order valence-electron chi connectivity index (χ1n) is 5.91. The molecule has 2 aromatic rings. The normalized spacial score (nSPS) is 10.1. The predicted molar refractivity (Wildman–Crippen MR) is 75.5 cm³/mol. The van der Waals surface area contributed by atoms with Crippen LogP contribution in [-0.2, 0) is 0 Å². The molecule has 104 valence electrons. The molecule has 0 N–H and O–H groups in total. The average Bonchev–Trinajstić information content (AvgIpc) is 2.44. The van der Waals surface area contributed by atoms with Crippen LogP contribution in [0.2, 0.25) is 5.02 Å². The van der Waals surface area contributed by atoms with E-state index in [-0.39, 0.29) is 5.69 Å². The lowest BCUT2D eigenvalue weighted by molar-refractivity contribution is -0.384. The number of nitro groups is 1. The Balaban J connectivity index is 1.77. The zero-order valence-corrected chi connectivity index (χ0v) is 11.2. The summed E-state index contributed by atoms with van der Waals surface area (Å²) in [5, 5.41) is 11.1. The minimum atomic E-state index is -0.452. The molecule has 0 unspecified atom stereocenters. The van der Waals surface area contributed by atoms with Crippen molar-refractivity contribution in [3.63, 3.8) is 0 Å². The summed E-state index contributed by atoms with van der Waals surface area (Å²) < 4.78 is 10.9. The van der Waals surface area contributed by atoms with Gasteiger partial charge in [0, 0.05) is 17.2 Å².